The van der Waals surface area contributed by atoms with Crippen molar-refractivity contribution in [3.63, 3.8) is 0 Å². The maximum absolute atomic E-state index is 9.81. The molecule has 4 nitrogen and oxygen atoms in total. The summed E-state index contributed by atoms with van der Waals surface area (Å²) in [5, 5.41) is 2.93. The van der Waals surface area contributed by atoms with Crippen LogP contribution >= 0.6 is 0 Å². The van der Waals surface area contributed by atoms with Crippen LogP contribution in [0.4, 0.5) is 4.79 Å². The van der Waals surface area contributed by atoms with Gasteiger partial charge in [-0.2, -0.15) is 0 Å². The van der Waals surface area contributed by atoms with Crippen LogP contribution in [0.3, 0.4) is 0 Å². The van der Waals surface area contributed by atoms with Crippen LogP contribution in [0.5, 0.6) is 0 Å². The third-order valence-corrected chi connectivity index (χ3v) is 0.705. The van der Waals surface area contributed by atoms with Gasteiger partial charge in [-0.15, -0.1) is 0 Å². The van der Waals surface area contributed by atoms with Crippen LogP contribution in [-0.4, -0.2) is 25.8 Å². The molecule has 0 aliphatic carbocycles. The first-order valence-corrected chi connectivity index (χ1v) is 3.65. The van der Waals surface area contributed by atoms with Gasteiger partial charge in [-0.05, 0) is 27.4 Å². The van der Waals surface area contributed by atoms with E-state index in [-0.39, 0.29) is 6.10 Å². The van der Waals surface area contributed by atoms with Crippen molar-refractivity contribution in [2.75, 3.05) is 13.6 Å². The molecule has 0 aromatic carbocycles. The predicted octanol–water partition coefficient (Wildman–Crippen LogP) is 0.716. The summed E-state index contributed by atoms with van der Waals surface area (Å²) in [4.78, 5) is 9.81. The monoisotopic (exact) mass is 162 g/mol. The van der Waals surface area contributed by atoms with E-state index in [1.165, 1.54) is 0 Å². The van der Waals surface area contributed by atoms with E-state index < -0.39 is 6.09 Å². The fourth-order valence-corrected chi connectivity index (χ4v) is 0.232. The quantitative estimate of drug-likeness (QED) is 0.628. The molecule has 0 spiro atoms. The topological polar surface area (TPSA) is 64.3 Å². The first-order valence-electron chi connectivity index (χ1n) is 3.65. The highest BCUT2D eigenvalue weighted by atomic mass is 16.6. The van der Waals surface area contributed by atoms with Crippen LogP contribution in [-0.2, 0) is 4.74 Å². The third-order valence-electron chi connectivity index (χ3n) is 0.705. The Kier molecular flexibility index (Phi) is 10.8. The van der Waals surface area contributed by atoms with Gasteiger partial charge < -0.3 is 15.8 Å². The Labute approximate surface area is 68.1 Å². The van der Waals surface area contributed by atoms with Crippen molar-refractivity contribution in [2.45, 2.75) is 26.9 Å². The Morgan fingerprint density at radius 3 is 2.00 bits per heavy atom. The van der Waals surface area contributed by atoms with E-state index in [1.54, 1.807) is 13.8 Å². The molecular formula is C7H18N2O2. The van der Waals surface area contributed by atoms with Crippen LogP contribution in [0.2, 0.25) is 0 Å². The second-order valence-electron chi connectivity index (χ2n) is 2.19. The van der Waals surface area contributed by atoms with Gasteiger partial charge >= 0.3 is 6.09 Å². The van der Waals surface area contributed by atoms with Crippen molar-refractivity contribution < 1.29 is 9.53 Å². The van der Waals surface area contributed by atoms with Crippen molar-refractivity contribution >= 4 is 6.09 Å². The van der Waals surface area contributed by atoms with Crippen molar-refractivity contribution in [3.8, 4) is 0 Å². The fourth-order valence-electron chi connectivity index (χ4n) is 0.232. The number of hydrogen-bond donors (Lipinski definition) is 2. The zero-order valence-electron chi connectivity index (χ0n) is 7.68. The standard InChI is InChI=1S/C4H9NO2.C3H9N/c1-3(2)7-4(5)6;1-3-4-2/h3H,1-2H3,(H2,5,6);4H,3H2,1-2H3. The Balaban J connectivity index is 0. The highest BCUT2D eigenvalue weighted by molar-refractivity contribution is 5.64. The number of nitrogens with two attached hydrogens (primary N) is 1. The summed E-state index contributed by atoms with van der Waals surface area (Å²) in [7, 11) is 1.93. The largest absolute Gasteiger partial charge is 0.447 e. The predicted molar refractivity (Wildman–Crippen MR) is 45.4 cm³/mol. The van der Waals surface area contributed by atoms with Crippen molar-refractivity contribution in [1.82, 2.24) is 5.32 Å². The number of nitrogens with one attached hydrogen (secondary N) is 1. The van der Waals surface area contributed by atoms with Gasteiger partial charge in [0.15, 0.2) is 0 Å². The highest BCUT2D eigenvalue weighted by Gasteiger charge is 1.94. The highest BCUT2D eigenvalue weighted by Crippen LogP contribution is 1.83. The van der Waals surface area contributed by atoms with E-state index in [9.17, 15) is 4.79 Å². The first kappa shape index (κ1) is 12.9. The normalized spacial score (nSPS) is 8.45. The summed E-state index contributed by atoms with van der Waals surface area (Å²) in [5.74, 6) is 0. The molecule has 3 N–H and O–H groups in total. The minimum atomic E-state index is -0.713. The minimum absolute atomic E-state index is 0.0995. The van der Waals surface area contributed by atoms with Crippen LogP contribution in [0.25, 0.3) is 0 Å². The molecule has 0 radical (unpaired) electrons. The van der Waals surface area contributed by atoms with E-state index in [0.29, 0.717) is 0 Å². The lowest BCUT2D eigenvalue weighted by Crippen LogP contribution is -2.17. The lowest BCUT2D eigenvalue weighted by Gasteiger charge is -2.01. The maximum Gasteiger partial charge on any atom is 0.404 e. The number of ether oxygens (including phenoxy) is 1. The molecule has 68 valence electrons. The number of carbonyl (C=O) groups excluding carboxylic acids is 1. The summed E-state index contributed by atoms with van der Waals surface area (Å²) in [6.07, 6.45) is -0.813. The zero-order valence-corrected chi connectivity index (χ0v) is 7.68. The first-order chi connectivity index (χ1) is 5.04. The van der Waals surface area contributed by atoms with Crippen molar-refractivity contribution in [2.24, 2.45) is 5.73 Å². The molecule has 11 heavy (non-hydrogen) atoms. The second-order valence-corrected chi connectivity index (χ2v) is 2.19. The molecule has 0 aromatic rings. The number of hydrogen-bond acceptors (Lipinski definition) is 3. The second kappa shape index (κ2) is 9.23. The van der Waals surface area contributed by atoms with Gasteiger partial charge in [0.1, 0.15) is 0 Å². The molecule has 0 aliphatic rings. The summed E-state index contributed by atoms with van der Waals surface area (Å²) in [6, 6.07) is 0. The molecule has 4 heteroatoms. The number of amides is 1. The summed E-state index contributed by atoms with van der Waals surface area (Å²) >= 11 is 0. The molecule has 0 saturated carbocycles. The Bertz CT molecular complexity index is 92.4. The van der Waals surface area contributed by atoms with Crippen molar-refractivity contribution in [3.05, 3.63) is 0 Å². The summed E-state index contributed by atoms with van der Waals surface area (Å²) in [6.45, 7) is 6.62. The molecular weight excluding hydrogens is 144 g/mol. The molecule has 0 rings (SSSR count). The number of rotatable bonds is 2. The van der Waals surface area contributed by atoms with Gasteiger partial charge in [0, 0.05) is 0 Å². The van der Waals surface area contributed by atoms with Gasteiger partial charge in [-0.25, -0.2) is 4.79 Å². The summed E-state index contributed by atoms with van der Waals surface area (Å²) in [5.41, 5.74) is 4.63. The molecule has 0 aromatic heterocycles. The molecule has 0 aliphatic heterocycles. The van der Waals surface area contributed by atoms with Crippen LogP contribution < -0.4 is 11.1 Å². The smallest absolute Gasteiger partial charge is 0.404 e. The van der Waals surface area contributed by atoms with Crippen LogP contribution in [0.1, 0.15) is 20.8 Å². The van der Waals surface area contributed by atoms with Gasteiger partial charge in [0.05, 0.1) is 6.10 Å². The van der Waals surface area contributed by atoms with E-state index in [2.05, 4.69) is 22.7 Å². The molecule has 0 heterocycles. The van der Waals surface area contributed by atoms with Gasteiger partial charge in [-0.1, -0.05) is 6.92 Å². The Hall–Kier alpha value is -0.770. The number of carbonyl (C=O) groups is 1. The number of primary amides is 1. The van der Waals surface area contributed by atoms with Gasteiger partial charge in [0.25, 0.3) is 0 Å². The Morgan fingerprint density at radius 1 is 1.64 bits per heavy atom. The third kappa shape index (κ3) is 27.0. The van der Waals surface area contributed by atoms with Crippen LogP contribution in [0, 0.1) is 0 Å². The zero-order chi connectivity index (χ0) is 9.28. The maximum atomic E-state index is 9.81. The van der Waals surface area contributed by atoms with E-state index in [0.717, 1.165) is 6.54 Å². The average Bonchev–Trinajstić information content (AvgIpc) is 1.85. The molecule has 1 amide bonds. The Morgan fingerprint density at radius 2 is 2.00 bits per heavy atom. The lowest BCUT2D eigenvalue weighted by molar-refractivity contribution is 0.125. The van der Waals surface area contributed by atoms with E-state index in [4.69, 9.17) is 0 Å². The molecule has 0 atom stereocenters. The summed E-state index contributed by atoms with van der Waals surface area (Å²) < 4.78 is 4.39. The molecule has 0 fully saturated rings. The van der Waals surface area contributed by atoms with Crippen molar-refractivity contribution in [1.29, 1.82) is 0 Å². The SMILES string of the molecule is CC(C)OC(N)=O.CCNC. The lowest BCUT2D eigenvalue weighted by atomic mass is 10.5. The average molecular weight is 162 g/mol. The molecule has 0 bridgehead atoms. The van der Waals surface area contributed by atoms with E-state index in [1.807, 2.05) is 7.05 Å². The van der Waals surface area contributed by atoms with E-state index >= 15 is 0 Å². The molecule has 0 saturated heterocycles. The molecule has 0 unspecified atom stereocenters. The van der Waals surface area contributed by atoms with Gasteiger partial charge in [0.2, 0.25) is 0 Å². The minimum Gasteiger partial charge on any atom is -0.447 e. The van der Waals surface area contributed by atoms with Gasteiger partial charge in [-0.3, -0.25) is 0 Å². The van der Waals surface area contributed by atoms with Crippen LogP contribution in [0.15, 0.2) is 0 Å². The fraction of sp³-hybridized carbons (Fsp3) is 0.857.